The lowest BCUT2D eigenvalue weighted by atomic mass is 10.1. The molecule has 1 N–H and O–H groups in total. The molecule has 0 unspecified atom stereocenters. The summed E-state index contributed by atoms with van der Waals surface area (Å²) in [5.41, 5.74) is 1.53. The summed E-state index contributed by atoms with van der Waals surface area (Å²) in [6.45, 7) is 9.03. The summed E-state index contributed by atoms with van der Waals surface area (Å²) >= 11 is 0. The molecular weight excluding hydrogens is 454 g/mol. The summed E-state index contributed by atoms with van der Waals surface area (Å²) in [5, 5.41) is 2.89. The van der Waals surface area contributed by atoms with E-state index >= 15 is 0 Å². The lowest BCUT2D eigenvalue weighted by molar-refractivity contribution is -0.141. The molecule has 0 bridgehead atoms. The fourth-order valence-corrected chi connectivity index (χ4v) is 5.31. The van der Waals surface area contributed by atoms with Crippen molar-refractivity contribution >= 4 is 27.7 Å². The summed E-state index contributed by atoms with van der Waals surface area (Å²) in [6, 6.07) is 12.8. The van der Waals surface area contributed by atoms with Crippen LogP contribution in [-0.2, 0) is 26.2 Å². The van der Waals surface area contributed by atoms with Gasteiger partial charge in [-0.1, -0.05) is 42.0 Å². The molecule has 0 aromatic heterocycles. The van der Waals surface area contributed by atoms with Crippen molar-refractivity contribution in [3.63, 3.8) is 0 Å². The molecule has 3 amide bonds. The third-order valence-electron chi connectivity index (χ3n) is 5.58. The predicted molar refractivity (Wildman–Crippen MR) is 128 cm³/mol. The maximum Gasteiger partial charge on any atom is 0.269 e. The van der Waals surface area contributed by atoms with Crippen molar-refractivity contribution < 1.29 is 22.8 Å². The number of rotatable bonds is 7. The Morgan fingerprint density at radius 2 is 1.68 bits per heavy atom. The second kappa shape index (κ2) is 9.58. The smallest absolute Gasteiger partial charge is 0.269 e. The Morgan fingerprint density at radius 1 is 1.06 bits per heavy atom. The third-order valence-corrected chi connectivity index (χ3v) is 7.42. The summed E-state index contributed by atoms with van der Waals surface area (Å²) in [7, 11) is -4.01. The zero-order chi connectivity index (χ0) is 25.3. The van der Waals surface area contributed by atoms with Crippen molar-refractivity contribution in [1.82, 2.24) is 14.5 Å². The highest BCUT2D eigenvalue weighted by Gasteiger charge is 2.41. The van der Waals surface area contributed by atoms with Crippen LogP contribution in [0.25, 0.3) is 0 Å². The van der Waals surface area contributed by atoms with Crippen molar-refractivity contribution in [2.75, 3.05) is 6.54 Å². The van der Waals surface area contributed by atoms with Gasteiger partial charge in [0.05, 0.1) is 5.56 Å². The van der Waals surface area contributed by atoms with Gasteiger partial charge in [0, 0.05) is 25.0 Å². The molecule has 8 nitrogen and oxygen atoms in total. The molecule has 9 heteroatoms. The Labute approximate surface area is 201 Å². The second-order valence-electron chi connectivity index (χ2n) is 9.55. The Balaban J connectivity index is 1.80. The Hall–Kier alpha value is -3.20. The topological polar surface area (TPSA) is 104 Å². The second-order valence-corrected chi connectivity index (χ2v) is 11.4. The van der Waals surface area contributed by atoms with Gasteiger partial charge in [-0.2, -0.15) is 0 Å². The van der Waals surface area contributed by atoms with Crippen LogP contribution in [0, 0.1) is 6.92 Å². The molecule has 0 aliphatic carbocycles. The number of fused-ring (bicyclic) bond motifs is 1. The van der Waals surface area contributed by atoms with Crippen LogP contribution in [0.15, 0.2) is 53.4 Å². The highest BCUT2D eigenvalue weighted by atomic mass is 32.2. The minimum atomic E-state index is -4.01. The van der Waals surface area contributed by atoms with E-state index in [4.69, 9.17) is 0 Å². The van der Waals surface area contributed by atoms with Gasteiger partial charge in [-0.15, -0.1) is 0 Å². The SMILES string of the molecule is Cc1ccc(CN(C(=O)CCN2C(=O)c3ccccc3S2(=O)=O)[C@@H](C)C(=O)NC(C)(C)C)cc1. The monoisotopic (exact) mass is 485 g/mol. The van der Waals surface area contributed by atoms with E-state index in [1.165, 1.54) is 17.0 Å². The molecule has 0 saturated carbocycles. The van der Waals surface area contributed by atoms with E-state index < -0.39 is 33.4 Å². The molecule has 2 aromatic rings. The minimum Gasteiger partial charge on any atom is -0.350 e. The predicted octanol–water partition coefficient (Wildman–Crippen LogP) is 2.86. The quantitative estimate of drug-likeness (QED) is 0.650. The van der Waals surface area contributed by atoms with Gasteiger partial charge < -0.3 is 10.2 Å². The van der Waals surface area contributed by atoms with Gasteiger partial charge in [0.2, 0.25) is 11.8 Å². The van der Waals surface area contributed by atoms with Crippen molar-refractivity contribution in [2.24, 2.45) is 0 Å². The van der Waals surface area contributed by atoms with Gasteiger partial charge in [0.25, 0.3) is 15.9 Å². The Kier molecular flexibility index (Phi) is 7.16. The molecule has 0 fully saturated rings. The van der Waals surface area contributed by atoms with Crippen molar-refractivity contribution in [3.05, 3.63) is 65.2 Å². The number of amides is 3. The lowest BCUT2D eigenvalue weighted by Crippen LogP contribution is -2.52. The first-order valence-corrected chi connectivity index (χ1v) is 12.6. The van der Waals surface area contributed by atoms with Crippen LogP contribution in [0.3, 0.4) is 0 Å². The molecule has 34 heavy (non-hydrogen) atoms. The lowest BCUT2D eigenvalue weighted by Gasteiger charge is -2.32. The maximum absolute atomic E-state index is 13.3. The highest BCUT2D eigenvalue weighted by molar-refractivity contribution is 7.90. The molecule has 182 valence electrons. The third kappa shape index (κ3) is 5.47. The van der Waals surface area contributed by atoms with Crippen LogP contribution >= 0.6 is 0 Å². The molecular formula is C25H31N3O5S. The highest BCUT2D eigenvalue weighted by Crippen LogP contribution is 2.30. The van der Waals surface area contributed by atoms with Gasteiger partial charge in [0.15, 0.2) is 0 Å². The van der Waals surface area contributed by atoms with Crippen LogP contribution in [-0.4, -0.2) is 53.5 Å². The summed E-state index contributed by atoms with van der Waals surface area (Å²) in [4.78, 5) is 40.2. The first kappa shape index (κ1) is 25.4. The number of hydrogen-bond acceptors (Lipinski definition) is 5. The number of sulfonamides is 1. The summed E-state index contributed by atoms with van der Waals surface area (Å²) in [5.74, 6) is -1.38. The van der Waals surface area contributed by atoms with Crippen molar-refractivity contribution in [1.29, 1.82) is 0 Å². The summed E-state index contributed by atoms with van der Waals surface area (Å²) < 4.78 is 26.4. The van der Waals surface area contributed by atoms with E-state index in [9.17, 15) is 22.8 Å². The fourth-order valence-electron chi connectivity index (χ4n) is 3.74. The van der Waals surface area contributed by atoms with Crippen LogP contribution < -0.4 is 5.32 Å². The van der Waals surface area contributed by atoms with E-state index in [0.717, 1.165) is 15.4 Å². The van der Waals surface area contributed by atoms with E-state index in [1.54, 1.807) is 19.1 Å². The average molecular weight is 486 g/mol. The molecule has 1 heterocycles. The molecule has 1 aliphatic heterocycles. The molecule has 0 radical (unpaired) electrons. The molecule has 1 atom stereocenters. The van der Waals surface area contributed by atoms with Crippen LogP contribution in [0.1, 0.15) is 55.6 Å². The van der Waals surface area contributed by atoms with Gasteiger partial charge >= 0.3 is 0 Å². The number of carbonyl (C=O) groups is 3. The number of carbonyl (C=O) groups excluding carboxylic acids is 3. The van der Waals surface area contributed by atoms with Gasteiger partial charge in [0.1, 0.15) is 10.9 Å². The number of benzene rings is 2. The fraction of sp³-hybridized carbons (Fsp3) is 0.400. The van der Waals surface area contributed by atoms with E-state index in [-0.39, 0.29) is 35.9 Å². The molecule has 0 saturated heterocycles. The van der Waals surface area contributed by atoms with E-state index in [0.29, 0.717) is 0 Å². The number of hydrogen-bond donors (Lipinski definition) is 1. The standard InChI is InChI=1S/C25H31N3O5S/c1-17-10-12-19(13-11-17)16-27(18(2)23(30)26-25(3,4)5)22(29)14-15-28-24(31)20-8-6-7-9-21(20)34(28,32)33/h6-13,18H,14-16H2,1-5H3,(H,26,30)/t18-/m0/s1. The van der Waals surface area contributed by atoms with E-state index in [2.05, 4.69) is 5.32 Å². The number of nitrogens with zero attached hydrogens (tertiary/aromatic N) is 2. The Bertz CT molecular complexity index is 1200. The number of aryl methyl sites for hydroxylation is 1. The van der Waals surface area contributed by atoms with Crippen LogP contribution in [0.2, 0.25) is 0 Å². The molecule has 0 spiro atoms. The van der Waals surface area contributed by atoms with Crippen LogP contribution in [0.5, 0.6) is 0 Å². The summed E-state index contributed by atoms with van der Waals surface area (Å²) in [6.07, 6.45) is -0.238. The van der Waals surface area contributed by atoms with Crippen molar-refractivity contribution in [3.8, 4) is 0 Å². The maximum atomic E-state index is 13.3. The molecule has 3 rings (SSSR count). The normalized spacial score (nSPS) is 15.6. The molecule has 1 aliphatic rings. The largest absolute Gasteiger partial charge is 0.350 e. The average Bonchev–Trinajstić information content (AvgIpc) is 2.95. The first-order valence-electron chi connectivity index (χ1n) is 11.1. The van der Waals surface area contributed by atoms with Crippen LogP contribution in [0.4, 0.5) is 0 Å². The zero-order valence-corrected chi connectivity index (χ0v) is 21.0. The van der Waals surface area contributed by atoms with Crippen molar-refractivity contribution in [2.45, 2.75) is 64.1 Å². The molecule has 2 aromatic carbocycles. The number of nitrogens with one attached hydrogen (secondary N) is 1. The first-order chi connectivity index (χ1) is 15.8. The van der Waals surface area contributed by atoms with Gasteiger partial charge in [-0.3, -0.25) is 14.4 Å². The minimum absolute atomic E-state index is 0.0538. The van der Waals surface area contributed by atoms with Gasteiger partial charge in [-0.25, -0.2) is 12.7 Å². The zero-order valence-electron chi connectivity index (χ0n) is 20.2. The van der Waals surface area contributed by atoms with E-state index in [1.807, 2.05) is 52.0 Å². The van der Waals surface area contributed by atoms with Gasteiger partial charge in [-0.05, 0) is 52.3 Å². The Morgan fingerprint density at radius 3 is 2.26 bits per heavy atom.